The number of ketones is 1. The van der Waals surface area contributed by atoms with E-state index in [-0.39, 0.29) is 16.5 Å². The number of carbonyl (C=O) groups excluding carboxylic acids is 2. The van der Waals surface area contributed by atoms with E-state index in [1.165, 1.54) is 30.9 Å². The third-order valence-electron chi connectivity index (χ3n) is 6.89. The Morgan fingerprint density at radius 2 is 1.79 bits per heavy atom. The number of thioether (sulfide) groups is 1. The lowest BCUT2D eigenvalue weighted by molar-refractivity contribution is -0.132. The van der Waals surface area contributed by atoms with E-state index in [4.69, 9.17) is 30.5 Å². The molecule has 2 aliphatic rings. The van der Waals surface area contributed by atoms with Crippen molar-refractivity contribution in [1.82, 2.24) is 10.2 Å². The number of nitrogens with zero attached hydrogens (tertiary/aromatic N) is 3. The molecule has 3 aromatic carbocycles. The van der Waals surface area contributed by atoms with Crippen LogP contribution in [0.2, 0.25) is 5.02 Å². The van der Waals surface area contributed by atoms with E-state index in [0.29, 0.717) is 62.5 Å². The molecule has 1 N–H and O–H groups in total. The van der Waals surface area contributed by atoms with Gasteiger partial charge >= 0.3 is 5.91 Å². The molecule has 3 heterocycles. The fourth-order valence-corrected chi connectivity index (χ4v) is 6.98. The molecule has 43 heavy (non-hydrogen) atoms. The van der Waals surface area contributed by atoms with E-state index in [9.17, 15) is 14.7 Å². The number of methoxy groups -OCH3 is 2. The molecule has 0 bridgehead atoms. The standard InChI is InChI=1S/C30H24ClN3O7S2/c1-38-20-9-7-16(13-22(20)39-2)25-24(26(35)17-8-10-21-23(14-17)41-12-11-40-21)27(36)28(37)34(25)29-32-33-30(43-29)42-15-18-5-3-4-6-19(18)31/h3-10,13-14,25,35H,11-12,15H2,1-2H3/b26-24+. The minimum Gasteiger partial charge on any atom is -0.507 e. The van der Waals surface area contributed by atoms with Crippen LogP contribution in [-0.4, -0.2) is 54.4 Å². The molecule has 1 unspecified atom stereocenters. The van der Waals surface area contributed by atoms with Crippen LogP contribution >= 0.6 is 34.7 Å². The van der Waals surface area contributed by atoms with Gasteiger partial charge in [0.2, 0.25) is 5.13 Å². The number of rotatable bonds is 8. The van der Waals surface area contributed by atoms with Crippen LogP contribution in [0.1, 0.15) is 22.7 Å². The molecule has 1 atom stereocenters. The quantitative estimate of drug-likeness (QED) is 0.0822. The van der Waals surface area contributed by atoms with Crippen molar-refractivity contribution < 1.29 is 33.6 Å². The average Bonchev–Trinajstić information content (AvgIpc) is 3.61. The summed E-state index contributed by atoms with van der Waals surface area (Å²) in [4.78, 5) is 28.5. The summed E-state index contributed by atoms with van der Waals surface area (Å²) in [6.07, 6.45) is 0. The Morgan fingerprint density at radius 1 is 1.02 bits per heavy atom. The lowest BCUT2D eigenvalue weighted by atomic mass is 9.95. The number of fused-ring (bicyclic) bond motifs is 1. The van der Waals surface area contributed by atoms with Crippen LogP contribution in [0.5, 0.6) is 23.0 Å². The Balaban J connectivity index is 1.43. The van der Waals surface area contributed by atoms with Crippen LogP contribution in [-0.2, 0) is 15.3 Å². The summed E-state index contributed by atoms with van der Waals surface area (Å²) in [5, 5.41) is 20.9. The fraction of sp³-hybridized carbons (Fsp3) is 0.200. The number of hydrogen-bond donors (Lipinski definition) is 1. The largest absolute Gasteiger partial charge is 0.507 e. The van der Waals surface area contributed by atoms with Crippen molar-refractivity contribution in [2.24, 2.45) is 0 Å². The lowest BCUT2D eigenvalue weighted by Crippen LogP contribution is -2.29. The Labute approximate surface area is 259 Å². The summed E-state index contributed by atoms with van der Waals surface area (Å²) in [6.45, 7) is 0.754. The number of anilines is 1. The Hall–Kier alpha value is -4.26. The van der Waals surface area contributed by atoms with Crippen LogP contribution in [0, 0.1) is 0 Å². The first kappa shape index (κ1) is 28.8. The van der Waals surface area contributed by atoms with Crippen LogP contribution < -0.4 is 23.8 Å². The fourth-order valence-electron chi connectivity index (χ4n) is 4.83. The molecule has 1 amide bonds. The number of Topliss-reactive ketones (excluding diaryl/α,β-unsaturated/α-hetero) is 1. The van der Waals surface area contributed by atoms with Crippen molar-refractivity contribution in [1.29, 1.82) is 0 Å². The number of aromatic nitrogens is 2. The van der Waals surface area contributed by atoms with Gasteiger partial charge in [-0.15, -0.1) is 10.2 Å². The Morgan fingerprint density at radius 3 is 2.56 bits per heavy atom. The molecule has 0 spiro atoms. The van der Waals surface area contributed by atoms with Crippen molar-refractivity contribution in [2.75, 3.05) is 32.3 Å². The third-order valence-corrected chi connectivity index (χ3v) is 9.37. The maximum atomic E-state index is 13.6. The van der Waals surface area contributed by atoms with Gasteiger partial charge < -0.3 is 24.1 Å². The van der Waals surface area contributed by atoms with Crippen molar-refractivity contribution in [2.45, 2.75) is 16.1 Å². The SMILES string of the molecule is COc1ccc(C2/C(=C(\O)c3ccc4c(c3)OCCO4)C(=O)C(=O)N2c2nnc(SCc3ccccc3Cl)s2)cc1OC. The highest BCUT2D eigenvalue weighted by Crippen LogP contribution is 2.46. The smallest absolute Gasteiger partial charge is 0.301 e. The first-order valence-corrected chi connectivity index (χ1v) is 15.2. The molecule has 4 aromatic rings. The minimum atomic E-state index is -1.04. The molecule has 0 saturated carbocycles. The van der Waals surface area contributed by atoms with Gasteiger partial charge in [-0.05, 0) is 47.5 Å². The molecule has 1 fully saturated rings. The van der Waals surface area contributed by atoms with E-state index in [1.54, 1.807) is 36.4 Å². The molecule has 13 heteroatoms. The summed E-state index contributed by atoms with van der Waals surface area (Å²) in [6, 6.07) is 16.3. The van der Waals surface area contributed by atoms with E-state index in [1.807, 2.05) is 24.3 Å². The molecule has 220 valence electrons. The van der Waals surface area contributed by atoms with Gasteiger partial charge in [0.15, 0.2) is 27.3 Å². The molecular formula is C30H24ClN3O7S2. The lowest BCUT2D eigenvalue weighted by Gasteiger charge is -2.23. The van der Waals surface area contributed by atoms with Crippen LogP contribution in [0.3, 0.4) is 0 Å². The van der Waals surface area contributed by atoms with Gasteiger partial charge in [-0.2, -0.15) is 0 Å². The number of benzene rings is 3. The number of hydrogen-bond acceptors (Lipinski definition) is 11. The molecule has 6 rings (SSSR count). The minimum absolute atomic E-state index is 0.116. The number of carbonyl (C=O) groups is 2. The normalized spacial score (nSPS) is 17.3. The highest BCUT2D eigenvalue weighted by Gasteiger charge is 2.48. The molecular weight excluding hydrogens is 614 g/mol. The van der Waals surface area contributed by atoms with Crippen LogP contribution in [0.15, 0.2) is 70.6 Å². The summed E-state index contributed by atoms with van der Waals surface area (Å²) < 4.78 is 22.7. The first-order valence-electron chi connectivity index (χ1n) is 13.0. The van der Waals surface area contributed by atoms with Crippen molar-refractivity contribution in [3.8, 4) is 23.0 Å². The Bertz CT molecular complexity index is 1760. The maximum Gasteiger partial charge on any atom is 0.301 e. The average molecular weight is 638 g/mol. The zero-order valence-corrected chi connectivity index (χ0v) is 25.3. The summed E-state index contributed by atoms with van der Waals surface area (Å²) in [5.41, 5.74) is 1.60. The van der Waals surface area contributed by atoms with Crippen molar-refractivity contribution >= 4 is 57.3 Å². The first-order chi connectivity index (χ1) is 20.9. The monoisotopic (exact) mass is 637 g/mol. The Kier molecular flexibility index (Phi) is 8.15. The molecule has 2 aliphatic heterocycles. The van der Waals surface area contributed by atoms with Crippen LogP contribution in [0.4, 0.5) is 5.13 Å². The summed E-state index contributed by atoms with van der Waals surface area (Å²) >= 11 is 8.87. The van der Waals surface area contributed by atoms with E-state index in [2.05, 4.69) is 10.2 Å². The number of halogens is 1. The van der Waals surface area contributed by atoms with Gasteiger partial charge in [0, 0.05) is 16.3 Å². The van der Waals surface area contributed by atoms with E-state index < -0.39 is 17.7 Å². The maximum absolute atomic E-state index is 13.6. The van der Waals surface area contributed by atoms with Gasteiger partial charge in [-0.1, -0.05) is 59.0 Å². The second-order valence-corrected chi connectivity index (χ2v) is 12.0. The van der Waals surface area contributed by atoms with E-state index in [0.717, 1.165) is 16.9 Å². The zero-order chi connectivity index (χ0) is 30.1. The molecule has 1 saturated heterocycles. The highest BCUT2D eigenvalue weighted by atomic mass is 35.5. The molecule has 0 radical (unpaired) electrons. The zero-order valence-electron chi connectivity index (χ0n) is 22.9. The second-order valence-electron chi connectivity index (χ2n) is 9.37. The molecule has 0 aliphatic carbocycles. The summed E-state index contributed by atoms with van der Waals surface area (Å²) in [5.74, 6) is 0.256. The van der Waals surface area contributed by atoms with Gasteiger partial charge in [0.25, 0.3) is 5.78 Å². The predicted octanol–water partition coefficient (Wildman–Crippen LogP) is 5.90. The highest BCUT2D eigenvalue weighted by molar-refractivity contribution is 8.00. The van der Waals surface area contributed by atoms with E-state index >= 15 is 0 Å². The number of aliphatic hydroxyl groups is 1. The predicted molar refractivity (Wildman–Crippen MR) is 163 cm³/mol. The van der Waals surface area contributed by atoms with Gasteiger partial charge in [-0.3, -0.25) is 14.5 Å². The number of amides is 1. The van der Waals surface area contributed by atoms with Gasteiger partial charge in [0.05, 0.1) is 25.8 Å². The van der Waals surface area contributed by atoms with Crippen molar-refractivity contribution in [3.05, 3.63) is 87.9 Å². The van der Waals surface area contributed by atoms with Gasteiger partial charge in [0.1, 0.15) is 19.0 Å². The topological polar surface area (TPSA) is 120 Å². The second kappa shape index (κ2) is 12.2. The number of ether oxygens (including phenoxy) is 4. The van der Waals surface area contributed by atoms with Crippen molar-refractivity contribution in [3.63, 3.8) is 0 Å². The van der Waals surface area contributed by atoms with Crippen LogP contribution in [0.25, 0.3) is 5.76 Å². The van der Waals surface area contributed by atoms with Gasteiger partial charge in [-0.25, -0.2) is 0 Å². The summed E-state index contributed by atoms with van der Waals surface area (Å²) in [7, 11) is 3.00. The molecule has 1 aromatic heterocycles. The molecule has 10 nitrogen and oxygen atoms in total. The number of aliphatic hydroxyl groups excluding tert-OH is 1. The third kappa shape index (κ3) is 5.49.